The number of ether oxygens (including phenoxy) is 3. The van der Waals surface area contributed by atoms with Crippen molar-refractivity contribution >= 4 is 11.8 Å². The molecule has 5 heteroatoms. The van der Waals surface area contributed by atoms with Crippen molar-refractivity contribution < 1.29 is 19.0 Å². The van der Waals surface area contributed by atoms with E-state index in [1.807, 2.05) is 45.9 Å². The van der Waals surface area contributed by atoms with Crippen LogP contribution in [-0.2, 0) is 20.6 Å². The molecule has 1 aromatic rings. The molecular formula is C18H27NO4. The number of benzene rings is 1. The maximum atomic E-state index is 12.6. The van der Waals surface area contributed by atoms with Crippen LogP contribution in [0.4, 0.5) is 10.5 Å². The van der Waals surface area contributed by atoms with Gasteiger partial charge in [0.2, 0.25) is 0 Å². The molecule has 0 saturated heterocycles. The van der Waals surface area contributed by atoms with Gasteiger partial charge in [-0.3, -0.25) is 4.90 Å². The van der Waals surface area contributed by atoms with Gasteiger partial charge in [0.15, 0.2) is 6.29 Å². The molecule has 1 aromatic carbocycles. The zero-order valence-corrected chi connectivity index (χ0v) is 14.7. The predicted molar refractivity (Wildman–Crippen MR) is 89.6 cm³/mol. The number of carbonyl (C=O) groups excluding carboxylic acids is 1. The second-order valence-electron chi connectivity index (χ2n) is 6.93. The number of nitrogens with zero attached hydrogens (tertiary/aromatic N) is 1. The molecule has 1 aliphatic heterocycles. The summed E-state index contributed by atoms with van der Waals surface area (Å²) in [5.74, 6) is 0.218. The highest BCUT2D eigenvalue weighted by molar-refractivity contribution is 5.89. The number of methoxy groups -OCH3 is 1. The van der Waals surface area contributed by atoms with Crippen molar-refractivity contribution in [1.82, 2.24) is 0 Å². The second kappa shape index (κ2) is 7.32. The van der Waals surface area contributed by atoms with Gasteiger partial charge in [-0.2, -0.15) is 0 Å². The second-order valence-corrected chi connectivity index (χ2v) is 6.93. The van der Waals surface area contributed by atoms with Crippen molar-refractivity contribution in [3.63, 3.8) is 0 Å². The number of fused-ring (bicyclic) bond motifs is 1. The quantitative estimate of drug-likeness (QED) is 0.795. The lowest BCUT2D eigenvalue weighted by Crippen LogP contribution is -2.44. The Hall–Kier alpha value is -1.59. The van der Waals surface area contributed by atoms with E-state index in [0.29, 0.717) is 13.2 Å². The minimum Gasteiger partial charge on any atom is -0.443 e. The van der Waals surface area contributed by atoms with Crippen molar-refractivity contribution in [2.75, 3.05) is 25.2 Å². The van der Waals surface area contributed by atoms with E-state index in [-0.39, 0.29) is 18.3 Å². The lowest BCUT2D eigenvalue weighted by molar-refractivity contribution is -0.119. The van der Waals surface area contributed by atoms with E-state index in [1.54, 1.807) is 12.0 Å². The molecule has 0 radical (unpaired) electrons. The first kappa shape index (κ1) is 17.8. The fourth-order valence-electron chi connectivity index (χ4n) is 2.62. The van der Waals surface area contributed by atoms with Gasteiger partial charge >= 0.3 is 6.09 Å². The third-order valence-corrected chi connectivity index (χ3v) is 3.74. The number of para-hydroxylation sites is 1. The molecule has 0 unspecified atom stereocenters. The standard InChI is InChI=1S/C18H27NO4/c1-13(21-5)22-12-14-10-15-8-6-7-9-16(15)19(11-14)17(20)23-18(2,3)4/h6-9,13-14H,10-12H2,1-5H3/t13-,14+/m0/s1. The third kappa shape index (κ3) is 4.94. The van der Waals surface area contributed by atoms with Crippen LogP contribution in [0.2, 0.25) is 0 Å². The van der Waals surface area contributed by atoms with Gasteiger partial charge in [0.05, 0.1) is 12.3 Å². The molecule has 0 aromatic heterocycles. The summed E-state index contributed by atoms with van der Waals surface area (Å²) in [6.07, 6.45) is 0.322. The van der Waals surface area contributed by atoms with Crippen LogP contribution in [0.5, 0.6) is 0 Å². The minimum atomic E-state index is -0.514. The summed E-state index contributed by atoms with van der Waals surface area (Å²) in [6.45, 7) is 8.62. The van der Waals surface area contributed by atoms with Crippen LogP contribution in [0.3, 0.4) is 0 Å². The average Bonchev–Trinajstić information content (AvgIpc) is 2.50. The van der Waals surface area contributed by atoms with E-state index in [2.05, 4.69) is 6.07 Å². The molecule has 2 atom stereocenters. The molecule has 5 nitrogen and oxygen atoms in total. The smallest absolute Gasteiger partial charge is 0.414 e. The Labute approximate surface area is 138 Å². The van der Waals surface area contributed by atoms with Gasteiger partial charge in [-0.05, 0) is 45.7 Å². The molecule has 0 fully saturated rings. The molecular weight excluding hydrogens is 294 g/mol. The van der Waals surface area contributed by atoms with Crippen LogP contribution in [0, 0.1) is 5.92 Å². The summed E-state index contributed by atoms with van der Waals surface area (Å²) >= 11 is 0. The van der Waals surface area contributed by atoms with Gasteiger partial charge in [0.25, 0.3) is 0 Å². The molecule has 1 amide bonds. The number of hydrogen-bond donors (Lipinski definition) is 0. The summed E-state index contributed by atoms with van der Waals surface area (Å²) in [6, 6.07) is 7.96. The molecule has 0 aliphatic carbocycles. The molecule has 23 heavy (non-hydrogen) atoms. The number of anilines is 1. The lowest BCUT2D eigenvalue weighted by Gasteiger charge is -2.35. The maximum Gasteiger partial charge on any atom is 0.414 e. The van der Waals surface area contributed by atoms with Crippen LogP contribution in [-0.4, -0.2) is 38.2 Å². The monoisotopic (exact) mass is 321 g/mol. The van der Waals surface area contributed by atoms with E-state index >= 15 is 0 Å². The predicted octanol–water partition coefficient (Wildman–Crippen LogP) is 3.61. The summed E-state index contributed by atoms with van der Waals surface area (Å²) in [7, 11) is 1.62. The van der Waals surface area contributed by atoms with Crippen molar-refractivity contribution in [1.29, 1.82) is 0 Å². The molecule has 1 aliphatic rings. The van der Waals surface area contributed by atoms with Gasteiger partial charge in [-0.25, -0.2) is 4.79 Å². The topological polar surface area (TPSA) is 48.0 Å². The van der Waals surface area contributed by atoms with Gasteiger partial charge in [-0.1, -0.05) is 18.2 Å². The summed E-state index contributed by atoms with van der Waals surface area (Å²) in [4.78, 5) is 14.3. The number of amides is 1. The third-order valence-electron chi connectivity index (χ3n) is 3.74. The molecule has 128 valence electrons. The Balaban J connectivity index is 2.14. The fraction of sp³-hybridized carbons (Fsp3) is 0.611. The van der Waals surface area contributed by atoms with Crippen molar-refractivity contribution in [2.24, 2.45) is 5.92 Å². The van der Waals surface area contributed by atoms with Gasteiger partial charge in [0, 0.05) is 19.6 Å². The Morgan fingerprint density at radius 2 is 2.04 bits per heavy atom. The average molecular weight is 321 g/mol. The molecule has 0 saturated carbocycles. The zero-order valence-electron chi connectivity index (χ0n) is 14.7. The highest BCUT2D eigenvalue weighted by Gasteiger charge is 2.31. The fourth-order valence-corrected chi connectivity index (χ4v) is 2.62. The molecule has 0 bridgehead atoms. The van der Waals surface area contributed by atoms with Gasteiger partial charge in [-0.15, -0.1) is 0 Å². The maximum absolute atomic E-state index is 12.6. The Morgan fingerprint density at radius 3 is 2.70 bits per heavy atom. The van der Waals surface area contributed by atoms with E-state index in [4.69, 9.17) is 14.2 Å². The molecule has 0 N–H and O–H groups in total. The molecule has 0 spiro atoms. The highest BCUT2D eigenvalue weighted by Crippen LogP contribution is 2.31. The number of hydrogen-bond acceptors (Lipinski definition) is 4. The van der Waals surface area contributed by atoms with Crippen molar-refractivity contribution in [2.45, 2.75) is 46.0 Å². The normalized spacial score (nSPS) is 19.2. The Bertz CT molecular complexity index is 538. The van der Waals surface area contributed by atoms with Crippen LogP contribution in [0.15, 0.2) is 24.3 Å². The Morgan fingerprint density at radius 1 is 1.35 bits per heavy atom. The Kier molecular flexibility index (Phi) is 5.65. The highest BCUT2D eigenvalue weighted by atomic mass is 16.7. The van der Waals surface area contributed by atoms with Gasteiger partial charge < -0.3 is 14.2 Å². The molecule has 2 rings (SSSR count). The SMILES string of the molecule is CO[C@H](C)OC[C@@H]1Cc2ccccc2N(C(=O)OC(C)(C)C)C1. The van der Waals surface area contributed by atoms with Gasteiger partial charge in [0.1, 0.15) is 5.60 Å². The van der Waals surface area contributed by atoms with Crippen molar-refractivity contribution in [3.05, 3.63) is 29.8 Å². The van der Waals surface area contributed by atoms with Crippen LogP contribution >= 0.6 is 0 Å². The van der Waals surface area contributed by atoms with E-state index in [0.717, 1.165) is 17.7 Å². The summed E-state index contributed by atoms with van der Waals surface area (Å²) in [5, 5.41) is 0. The first-order valence-electron chi connectivity index (χ1n) is 8.03. The first-order valence-corrected chi connectivity index (χ1v) is 8.03. The summed E-state index contributed by atoms with van der Waals surface area (Å²) < 4.78 is 16.3. The lowest BCUT2D eigenvalue weighted by atomic mass is 9.93. The first-order chi connectivity index (χ1) is 10.8. The van der Waals surface area contributed by atoms with Crippen molar-refractivity contribution in [3.8, 4) is 0 Å². The van der Waals surface area contributed by atoms with E-state index in [1.165, 1.54) is 0 Å². The van der Waals surface area contributed by atoms with Crippen LogP contribution in [0.25, 0.3) is 0 Å². The number of carbonyl (C=O) groups is 1. The molecule has 1 heterocycles. The van der Waals surface area contributed by atoms with Crippen LogP contribution < -0.4 is 4.90 Å². The largest absolute Gasteiger partial charge is 0.443 e. The number of rotatable bonds is 4. The van der Waals surface area contributed by atoms with Crippen LogP contribution in [0.1, 0.15) is 33.3 Å². The summed E-state index contributed by atoms with van der Waals surface area (Å²) in [5.41, 5.74) is 1.56. The minimum absolute atomic E-state index is 0.218. The zero-order chi connectivity index (χ0) is 17.0. The van der Waals surface area contributed by atoms with E-state index in [9.17, 15) is 4.79 Å². The van der Waals surface area contributed by atoms with E-state index < -0.39 is 5.60 Å².